The minimum absolute atomic E-state index is 0.192. The summed E-state index contributed by atoms with van der Waals surface area (Å²) in [4.78, 5) is 17.5. The predicted octanol–water partition coefficient (Wildman–Crippen LogP) is 3.67. The summed E-state index contributed by atoms with van der Waals surface area (Å²) in [5, 5.41) is 8.67. The summed E-state index contributed by atoms with van der Waals surface area (Å²) in [6.45, 7) is 4.70. The number of ketones is 1. The third-order valence-electron chi connectivity index (χ3n) is 4.79. The fourth-order valence-electron chi connectivity index (χ4n) is 3.69. The molecule has 136 valence electrons. The smallest absolute Gasteiger partial charge is 0.227 e. The topological polar surface area (TPSA) is 69.0 Å². The summed E-state index contributed by atoms with van der Waals surface area (Å²) >= 11 is 1.50. The van der Waals surface area contributed by atoms with Crippen LogP contribution in [-0.2, 0) is 4.79 Å². The molecule has 2 aromatic rings. The van der Waals surface area contributed by atoms with Crippen LogP contribution in [0.15, 0.2) is 40.7 Å². The first-order valence-corrected chi connectivity index (χ1v) is 10.1. The molecule has 1 N–H and O–H groups in total. The van der Waals surface area contributed by atoms with E-state index in [1.807, 2.05) is 42.1 Å². The number of Topliss-reactive ketones (excluding diaryl/α,β-unsaturated/α-hetero) is 1. The van der Waals surface area contributed by atoms with Crippen LogP contribution in [0.4, 0.5) is 5.95 Å². The van der Waals surface area contributed by atoms with Gasteiger partial charge in [-0.2, -0.15) is 4.98 Å². The normalized spacial score (nSPS) is 21.9. The summed E-state index contributed by atoms with van der Waals surface area (Å²) in [5.41, 5.74) is 2.82. The fourth-order valence-corrected chi connectivity index (χ4v) is 4.04. The Balaban J connectivity index is 1.82. The lowest BCUT2D eigenvalue weighted by Crippen LogP contribution is -2.33. The summed E-state index contributed by atoms with van der Waals surface area (Å²) in [7, 11) is 0. The van der Waals surface area contributed by atoms with Gasteiger partial charge in [0.05, 0.1) is 6.61 Å². The Hall–Kier alpha value is -2.28. The van der Waals surface area contributed by atoms with E-state index in [0.29, 0.717) is 30.1 Å². The van der Waals surface area contributed by atoms with Crippen LogP contribution < -0.4 is 10.1 Å². The molecule has 26 heavy (non-hydrogen) atoms. The number of rotatable bonds is 4. The highest BCUT2D eigenvalue weighted by molar-refractivity contribution is 7.98. The minimum Gasteiger partial charge on any atom is -0.494 e. The molecule has 0 radical (unpaired) electrons. The van der Waals surface area contributed by atoms with Gasteiger partial charge < -0.3 is 10.1 Å². The number of thioether (sulfide) groups is 1. The largest absolute Gasteiger partial charge is 0.494 e. The molecule has 1 aliphatic heterocycles. The molecule has 0 bridgehead atoms. The van der Waals surface area contributed by atoms with E-state index in [0.717, 1.165) is 29.0 Å². The van der Waals surface area contributed by atoms with E-state index in [4.69, 9.17) is 4.74 Å². The van der Waals surface area contributed by atoms with Gasteiger partial charge in [-0.1, -0.05) is 30.8 Å². The second-order valence-electron chi connectivity index (χ2n) is 6.73. The van der Waals surface area contributed by atoms with Crippen LogP contribution in [0.1, 0.15) is 38.3 Å². The molecule has 2 aliphatic rings. The second kappa shape index (κ2) is 6.79. The molecule has 7 heteroatoms. The molecule has 2 atom stereocenters. The van der Waals surface area contributed by atoms with E-state index in [-0.39, 0.29) is 11.8 Å². The third kappa shape index (κ3) is 2.90. The van der Waals surface area contributed by atoms with E-state index in [2.05, 4.69) is 22.3 Å². The summed E-state index contributed by atoms with van der Waals surface area (Å²) in [5.74, 6) is 2.06. The lowest BCUT2D eigenvalue weighted by atomic mass is 9.81. The number of benzene rings is 1. The average molecular weight is 370 g/mol. The van der Waals surface area contributed by atoms with Crippen LogP contribution in [0.5, 0.6) is 5.75 Å². The van der Waals surface area contributed by atoms with E-state index >= 15 is 0 Å². The number of hydrogen-bond acceptors (Lipinski definition) is 6. The van der Waals surface area contributed by atoms with Crippen molar-refractivity contribution in [2.24, 2.45) is 5.92 Å². The number of ether oxygens (including phenoxy) is 1. The van der Waals surface area contributed by atoms with Crippen molar-refractivity contribution in [1.29, 1.82) is 0 Å². The monoisotopic (exact) mass is 370 g/mol. The van der Waals surface area contributed by atoms with Crippen molar-refractivity contribution in [3.8, 4) is 5.75 Å². The van der Waals surface area contributed by atoms with Crippen LogP contribution in [0, 0.1) is 5.92 Å². The van der Waals surface area contributed by atoms with Crippen LogP contribution in [0.2, 0.25) is 0 Å². The highest BCUT2D eigenvalue weighted by atomic mass is 32.2. The number of nitrogens with zero attached hydrogens (tertiary/aromatic N) is 3. The molecule has 2 heterocycles. The average Bonchev–Trinajstić information content (AvgIpc) is 3.03. The van der Waals surface area contributed by atoms with Gasteiger partial charge in [0.25, 0.3) is 0 Å². The molecule has 0 unspecified atom stereocenters. The number of anilines is 1. The first kappa shape index (κ1) is 17.1. The molecule has 0 saturated heterocycles. The number of carbonyl (C=O) groups excluding carboxylic acids is 1. The second-order valence-corrected chi connectivity index (χ2v) is 7.50. The fraction of sp³-hybridized carbons (Fsp3) is 0.421. The van der Waals surface area contributed by atoms with Gasteiger partial charge in [0.15, 0.2) is 5.78 Å². The molecule has 0 spiro atoms. The van der Waals surface area contributed by atoms with Crippen molar-refractivity contribution in [3.05, 3.63) is 41.1 Å². The van der Waals surface area contributed by atoms with Gasteiger partial charge in [-0.3, -0.25) is 4.79 Å². The molecule has 6 nitrogen and oxygen atoms in total. The molecule has 1 aromatic carbocycles. The molecule has 0 saturated carbocycles. The maximum absolute atomic E-state index is 12.9. The van der Waals surface area contributed by atoms with Crippen molar-refractivity contribution in [3.63, 3.8) is 0 Å². The maximum atomic E-state index is 12.9. The Kier molecular flexibility index (Phi) is 4.48. The highest BCUT2D eigenvalue weighted by Crippen LogP contribution is 2.41. The van der Waals surface area contributed by atoms with Crippen LogP contribution in [-0.4, -0.2) is 33.4 Å². The summed E-state index contributed by atoms with van der Waals surface area (Å²) in [6.07, 6.45) is 3.39. The van der Waals surface area contributed by atoms with Crippen molar-refractivity contribution >= 4 is 23.5 Å². The van der Waals surface area contributed by atoms with Crippen molar-refractivity contribution in [2.45, 2.75) is 37.9 Å². The van der Waals surface area contributed by atoms with Crippen molar-refractivity contribution in [2.75, 3.05) is 18.2 Å². The number of carbonyl (C=O) groups is 1. The van der Waals surface area contributed by atoms with Crippen LogP contribution in [0.25, 0.3) is 0 Å². The number of hydrogen-bond donors (Lipinski definition) is 1. The first-order valence-electron chi connectivity index (χ1n) is 8.87. The van der Waals surface area contributed by atoms with Gasteiger partial charge in [-0.05, 0) is 43.2 Å². The standard InChI is InChI=1S/C19H22N4O2S/c1-4-25-13-7-5-12(6-8-13)17-16-14(9-11(2)10-15(16)24)20-18-21-19(26-3)22-23(17)18/h5-8,11,17H,4,9-10H2,1-3H3,(H,20,21,22)/t11-,17+/m1/s1. The molecule has 1 aliphatic carbocycles. The Morgan fingerprint density at radius 3 is 2.77 bits per heavy atom. The molecular weight excluding hydrogens is 348 g/mol. The Bertz CT molecular complexity index is 872. The van der Waals surface area contributed by atoms with Gasteiger partial charge in [0, 0.05) is 17.7 Å². The third-order valence-corrected chi connectivity index (χ3v) is 5.33. The zero-order valence-corrected chi connectivity index (χ0v) is 16.0. The van der Waals surface area contributed by atoms with E-state index in [9.17, 15) is 4.79 Å². The Labute approximate surface area is 157 Å². The number of fused-ring (bicyclic) bond motifs is 1. The first-order chi connectivity index (χ1) is 12.6. The molecule has 0 amide bonds. The van der Waals surface area contributed by atoms with E-state index in [1.54, 1.807) is 0 Å². The van der Waals surface area contributed by atoms with Crippen molar-refractivity contribution < 1.29 is 9.53 Å². The van der Waals surface area contributed by atoms with Crippen LogP contribution >= 0.6 is 11.8 Å². The number of aromatic nitrogens is 3. The van der Waals surface area contributed by atoms with E-state index in [1.165, 1.54) is 11.8 Å². The predicted molar refractivity (Wildman–Crippen MR) is 102 cm³/mol. The van der Waals surface area contributed by atoms with Gasteiger partial charge in [-0.25, -0.2) is 4.68 Å². The Morgan fingerprint density at radius 2 is 2.08 bits per heavy atom. The number of nitrogens with one attached hydrogen (secondary N) is 1. The summed E-state index contributed by atoms with van der Waals surface area (Å²) < 4.78 is 7.39. The molecule has 4 rings (SSSR count). The summed E-state index contributed by atoms with van der Waals surface area (Å²) in [6, 6.07) is 7.68. The van der Waals surface area contributed by atoms with Gasteiger partial charge in [-0.15, -0.1) is 5.10 Å². The van der Waals surface area contributed by atoms with E-state index < -0.39 is 0 Å². The Morgan fingerprint density at radius 1 is 1.31 bits per heavy atom. The highest BCUT2D eigenvalue weighted by Gasteiger charge is 2.38. The van der Waals surface area contributed by atoms with Gasteiger partial charge >= 0.3 is 0 Å². The van der Waals surface area contributed by atoms with Crippen molar-refractivity contribution in [1.82, 2.24) is 14.8 Å². The minimum atomic E-state index is -0.245. The molecule has 0 fully saturated rings. The zero-order chi connectivity index (χ0) is 18.3. The van der Waals surface area contributed by atoms with Crippen LogP contribution in [0.3, 0.4) is 0 Å². The zero-order valence-electron chi connectivity index (χ0n) is 15.2. The number of allylic oxidation sites excluding steroid dienone is 2. The molecule has 1 aromatic heterocycles. The SMILES string of the molecule is CCOc1ccc([C@H]2C3=C(C[C@@H](C)CC3=O)Nc3nc(SC)nn32)cc1. The quantitative estimate of drug-likeness (QED) is 0.828. The molecular formula is C19H22N4O2S. The lowest BCUT2D eigenvalue weighted by molar-refractivity contribution is -0.117. The van der Waals surface area contributed by atoms with Gasteiger partial charge in [0.2, 0.25) is 11.1 Å². The lowest BCUT2D eigenvalue weighted by Gasteiger charge is -2.34. The maximum Gasteiger partial charge on any atom is 0.227 e. The van der Waals surface area contributed by atoms with Gasteiger partial charge in [0.1, 0.15) is 11.8 Å².